The van der Waals surface area contributed by atoms with Gasteiger partial charge in [0.05, 0.1) is 17.6 Å². The molecule has 33 heavy (non-hydrogen) atoms. The maximum Gasteiger partial charge on any atom is 0.225 e. The number of anilines is 1. The molecular weight excluding hydrogens is 412 g/mol. The molecule has 0 N–H and O–H groups in total. The van der Waals surface area contributed by atoms with E-state index in [0.717, 1.165) is 74.3 Å². The number of carbonyl (C=O) groups is 1. The van der Waals surface area contributed by atoms with Crippen molar-refractivity contribution >= 4 is 22.5 Å². The first-order valence-electron chi connectivity index (χ1n) is 12.1. The average Bonchev–Trinajstić information content (AvgIpc) is 3.46. The van der Waals surface area contributed by atoms with Gasteiger partial charge in [-0.05, 0) is 58.3 Å². The fourth-order valence-electron chi connectivity index (χ4n) is 5.32. The van der Waals surface area contributed by atoms with Crippen LogP contribution in [0.2, 0.25) is 0 Å². The Labute approximate surface area is 196 Å². The van der Waals surface area contributed by atoms with Crippen LogP contribution in [0, 0.1) is 18.8 Å². The summed E-state index contributed by atoms with van der Waals surface area (Å²) in [5.41, 5.74) is 4.32. The minimum absolute atomic E-state index is 0.136. The van der Waals surface area contributed by atoms with Gasteiger partial charge < -0.3 is 14.7 Å². The quantitative estimate of drug-likeness (QED) is 0.602. The zero-order valence-corrected chi connectivity index (χ0v) is 19.9. The van der Waals surface area contributed by atoms with E-state index in [-0.39, 0.29) is 5.92 Å². The molecule has 3 aromatic rings. The number of amides is 1. The van der Waals surface area contributed by atoms with Crippen LogP contribution >= 0.6 is 0 Å². The van der Waals surface area contributed by atoms with Gasteiger partial charge in [0, 0.05) is 56.4 Å². The first kappa shape index (κ1) is 21.9. The summed E-state index contributed by atoms with van der Waals surface area (Å²) in [5, 5.41) is 5.93. The lowest BCUT2D eigenvalue weighted by Crippen LogP contribution is -2.42. The number of hydrogen-bond donors (Lipinski definition) is 0. The summed E-state index contributed by atoms with van der Waals surface area (Å²) in [6.45, 7) is 6.71. The predicted molar refractivity (Wildman–Crippen MR) is 132 cm³/mol. The summed E-state index contributed by atoms with van der Waals surface area (Å²) >= 11 is 0. The zero-order valence-electron chi connectivity index (χ0n) is 19.9. The smallest absolute Gasteiger partial charge is 0.225 e. The highest BCUT2D eigenvalue weighted by Gasteiger charge is 2.33. The third-order valence-corrected chi connectivity index (χ3v) is 7.10. The van der Waals surface area contributed by atoms with Crippen LogP contribution in [0.15, 0.2) is 42.9 Å². The molecule has 2 aliphatic heterocycles. The van der Waals surface area contributed by atoms with Crippen LogP contribution < -0.4 is 4.90 Å². The van der Waals surface area contributed by atoms with Gasteiger partial charge in [0.25, 0.3) is 0 Å². The molecule has 1 atom stereocenters. The highest BCUT2D eigenvalue weighted by atomic mass is 16.2. The van der Waals surface area contributed by atoms with E-state index < -0.39 is 0 Å². The van der Waals surface area contributed by atoms with Crippen LogP contribution in [0.4, 0.5) is 5.69 Å². The molecule has 0 aliphatic carbocycles. The Bertz CT molecular complexity index is 1110. The van der Waals surface area contributed by atoms with E-state index in [1.54, 1.807) is 0 Å². The molecule has 1 amide bonds. The summed E-state index contributed by atoms with van der Waals surface area (Å²) in [7, 11) is 4.22. The Hall–Kier alpha value is -2.93. The number of pyridine rings is 1. The standard InChI is InChI=1S/C26H34N6O/c1-19-4-6-23(7-5-19)32-18-22-14-27-15-24(25(22)28-32)30-12-9-21(10-13-30)26(33)31-11-8-20(17-31)16-29(2)3/h4-7,14-15,18,20-21H,8-13,16-17H2,1-3H3. The van der Waals surface area contributed by atoms with Crippen molar-refractivity contribution in [1.82, 2.24) is 24.6 Å². The number of hydrogen-bond acceptors (Lipinski definition) is 5. The third-order valence-electron chi connectivity index (χ3n) is 7.10. The molecule has 2 aliphatic rings. The summed E-state index contributed by atoms with van der Waals surface area (Å²) < 4.78 is 1.93. The second-order valence-electron chi connectivity index (χ2n) is 9.97. The van der Waals surface area contributed by atoms with Gasteiger partial charge in [-0.2, -0.15) is 5.10 Å². The molecule has 0 spiro atoms. The van der Waals surface area contributed by atoms with E-state index in [0.29, 0.717) is 11.8 Å². The van der Waals surface area contributed by atoms with Crippen molar-refractivity contribution < 1.29 is 4.79 Å². The van der Waals surface area contributed by atoms with Crippen molar-refractivity contribution in [2.45, 2.75) is 26.2 Å². The van der Waals surface area contributed by atoms with E-state index in [2.05, 4.69) is 65.0 Å². The maximum atomic E-state index is 13.1. The second kappa shape index (κ2) is 9.14. The molecular formula is C26H34N6O. The summed E-state index contributed by atoms with van der Waals surface area (Å²) in [5.74, 6) is 1.10. The van der Waals surface area contributed by atoms with E-state index in [1.165, 1.54) is 5.56 Å². The van der Waals surface area contributed by atoms with Gasteiger partial charge >= 0.3 is 0 Å². The van der Waals surface area contributed by atoms with Crippen molar-refractivity contribution in [2.75, 3.05) is 51.7 Å². The topological polar surface area (TPSA) is 57.5 Å². The van der Waals surface area contributed by atoms with E-state index in [4.69, 9.17) is 5.10 Å². The van der Waals surface area contributed by atoms with Gasteiger partial charge in [-0.25, -0.2) is 4.68 Å². The van der Waals surface area contributed by atoms with Crippen LogP contribution in [0.3, 0.4) is 0 Å². The molecule has 4 heterocycles. The number of nitrogens with zero attached hydrogens (tertiary/aromatic N) is 6. The van der Waals surface area contributed by atoms with Crippen molar-refractivity contribution in [3.63, 3.8) is 0 Å². The van der Waals surface area contributed by atoms with Crippen LogP contribution in [-0.2, 0) is 4.79 Å². The van der Waals surface area contributed by atoms with Crippen molar-refractivity contribution in [3.05, 3.63) is 48.4 Å². The summed E-state index contributed by atoms with van der Waals surface area (Å²) in [6.07, 6.45) is 8.75. The van der Waals surface area contributed by atoms with Gasteiger partial charge in [0.1, 0.15) is 5.52 Å². The number of rotatable bonds is 5. The van der Waals surface area contributed by atoms with Crippen molar-refractivity contribution in [3.8, 4) is 5.69 Å². The van der Waals surface area contributed by atoms with Crippen molar-refractivity contribution in [1.29, 1.82) is 0 Å². The molecule has 5 rings (SSSR count). The molecule has 0 saturated carbocycles. The number of aromatic nitrogens is 3. The van der Waals surface area contributed by atoms with Crippen LogP contribution in [-0.4, -0.2) is 77.3 Å². The molecule has 2 fully saturated rings. The van der Waals surface area contributed by atoms with E-state index >= 15 is 0 Å². The fraction of sp³-hybridized carbons (Fsp3) is 0.500. The molecule has 1 aromatic carbocycles. The van der Waals surface area contributed by atoms with Crippen LogP contribution in [0.5, 0.6) is 0 Å². The molecule has 1 unspecified atom stereocenters. The highest BCUT2D eigenvalue weighted by Crippen LogP contribution is 2.31. The van der Waals surface area contributed by atoms with Gasteiger partial charge in [-0.1, -0.05) is 17.7 Å². The third kappa shape index (κ3) is 4.60. The Kier molecular flexibility index (Phi) is 6.06. The Morgan fingerprint density at radius 3 is 2.55 bits per heavy atom. The number of likely N-dealkylation sites (tertiary alicyclic amines) is 1. The summed E-state index contributed by atoms with van der Waals surface area (Å²) in [6, 6.07) is 8.39. The monoisotopic (exact) mass is 446 g/mol. The molecule has 0 radical (unpaired) electrons. The Morgan fingerprint density at radius 1 is 1.06 bits per heavy atom. The molecule has 2 aromatic heterocycles. The van der Waals surface area contributed by atoms with E-state index in [1.807, 2.05) is 23.3 Å². The highest BCUT2D eigenvalue weighted by molar-refractivity contribution is 5.90. The largest absolute Gasteiger partial charge is 0.368 e. The molecule has 0 bridgehead atoms. The van der Waals surface area contributed by atoms with Crippen molar-refractivity contribution in [2.24, 2.45) is 11.8 Å². The number of piperidine rings is 1. The minimum atomic E-state index is 0.136. The predicted octanol–water partition coefficient (Wildman–Crippen LogP) is 3.36. The normalized spacial score (nSPS) is 19.7. The fourth-order valence-corrected chi connectivity index (χ4v) is 5.32. The summed E-state index contributed by atoms with van der Waals surface area (Å²) in [4.78, 5) is 24.3. The minimum Gasteiger partial charge on any atom is -0.368 e. The molecule has 7 heteroatoms. The molecule has 2 saturated heterocycles. The number of aryl methyl sites for hydroxylation is 1. The lowest BCUT2D eigenvalue weighted by molar-refractivity contribution is -0.135. The molecule has 174 valence electrons. The lowest BCUT2D eigenvalue weighted by Gasteiger charge is -2.34. The van der Waals surface area contributed by atoms with E-state index in [9.17, 15) is 4.79 Å². The van der Waals surface area contributed by atoms with Gasteiger partial charge in [-0.3, -0.25) is 9.78 Å². The van der Waals surface area contributed by atoms with Crippen LogP contribution in [0.1, 0.15) is 24.8 Å². The average molecular weight is 447 g/mol. The van der Waals surface area contributed by atoms with Gasteiger partial charge in [0.15, 0.2) is 0 Å². The number of carbonyl (C=O) groups excluding carboxylic acids is 1. The maximum absolute atomic E-state index is 13.1. The van der Waals surface area contributed by atoms with Crippen LogP contribution in [0.25, 0.3) is 16.6 Å². The number of benzene rings is 1. The molecule has 7 nitrogen and oxygen atoms in total. The Balaban J connectivity index is 1.26. The van der Waals surface area contributed by atoms with Gasteiger partial charge in [0.2, 0.25) is 5.91 Å². The second-order valence-corrected chi connectivity index (χ2v) is 9.97. The number of fused-ring (bicyclic) bond motifs is 1. The van der Waals surface area contributed by atoms with Gasteiger partial charge in [-0.15, -0.1) is 0 Å². The first-order valence-corrected chi connectivity index (χ1v) is 12.1. The first-order chi connectivity index (χ1) is 16.0. The lowest BCUT2D eigenvalue weighted by atomic mass is 9.95. The Morgan fingerprint density at radius 2 is 1.82 bits per heavy atom. The zero-order chi connectivity index (χ0) is 22.9. The SMILES string of the molecule is Cc1ccc(-n2cc3cncc(N4CCC(C(=O)N5CCC(CN(C)C)C5)CC4)c3n2)cc1.